The standard InChI is InChI=1S/C7H17NO9P2/c1-17-3-2-6(7(9)10)8(4-18(11,12)13)5-19(14,15)16/h6H,2-5H2,1H3,(H,9,10)(H2,11,12,13)(H2,14,15,16)/t6-/m0/s1. The van der Waals surface area contributed by atoms with E-state index in [4.69, 9.17) is 24.7 Å². The van der Waals surface area contributed by atoms with Gasteiger partial charge < -0.3 is 29.4 Å². The van der Waals surface area contributed by atoms with Crippen LogP contribution in [0.2, 0.25) is 0 Å². The average molecular weight is 321 g/mol. The highest BCUT2D eigenvalue weighted by Gasteiger charge is 2.34. The normalized spacial score (nSPS) is 14.6. The predicted molar refractivity (Wildman–Crippen MR) is 63.6 cm³/mol. The summed E-state index contributed by atoms with van der Waals surface area (Å²) >= 11 is 0. The second-order valence-corrected chi connectivity index (χ2v) is 7.06. The maximum atomic E-state index is 11.0. The number of rotatable bonds is 9. The van der Waals surface area contributed by atoms with Gasteiger partial charge in [-0.05, 0) is 6.42 Å². The number of nitrogens with zero attached hydrogens (tertiary/aromatic N) is 1. The van der Waals surface area contributed by atoms with Crippen LogP contribution in [0.25, 0.3) is 0 Å². The Balaban J connectivity index is 5.09. The van der Waals surface area contributed by atoms with Crippen molar-refractivity contribution in [2.24, 2.45) is 0 Å². The molecule has 0 saturated heterocycles. The molecule has 0 fully saturated rings. The number of ether oxygens (including phenoxy) is 1. The van der Waals surface area contributed by atoms with E-state index in [1.807, 2.05) is 0 Å². The van der Waals surface area contributed by atoms with Crippen LogP contribution in [0.5, 0.6) is 0 Å². The van der Waals surface area contributed by atoms with Crippen LogP contribution in [0.3, 0.4) is 0 Å². The van der Waals surface area contributed by atoms with Crippen molar-refractivity contribution < 1.29 is 43.3 Å². The first-order chi connectivity index (χ1) is 8.46. The molecule has 0 aliphatic rings. The van der Waals surface area contributed by atoms with Crippen LogP contribution >= 0.6 is 15.2 Å². The molecule has 10 nitrogen and oxygen atoms in total. The molecule has 0 aromatic rings. The van der Waals surface area contributed by atoms with Gasteiger partial charge in [0.2, 0.25) is 0 Å². The van der Waals surface area contributed by atoms with Crippen LogP contribution in [0.4, 0.5) is 0 Å². The zero-order chi connectivity index (χ0) is 15.3. The summed E-state index contributed by atoms with van der Waals surface area (Å²) < 4.78 is 26.5. The van der Waals surface area contributed by atoms with E-state index in [0.717, 1.165) is 0 Å². The molecule has 0 heterocycles. The molecule has 0 spiro atoms. The van der Waals surface area contributed by atoms with Gasteiger partial charge in [0.25, 0.3) is 0 Å². The Bertz CT molecular complexity index is 364. The number of carboxylic acids is 1. The fraction of sp³-hybridized carbons (Fsp3) is 0.857. The van der Waals surface area contributed by atoms with E-state index in [0.29, 0.717) is 4.90 Å². The fourth-order valence-corrected chi connectivity index (χ4v) is 3.11. The summed E-state index contributed by atoms with van der Waals surface area (Å²) in [5.41, 5.74) is 0. The topological polar surface area (TPSA) is 165 Å². The monoisotopic (exact) mass is 321 g/mol. The lowest BCUT2D eigenvalue weighted by molar-refractivity contribution is -0.143. The van der Waals surface area contributed by atoms with Gasteiger partial charge in [0, 0.05) is 13.7 Å². The second kappa shape index (κ2) is 7.47. The lowest BCUT2D eigenvalue weighted by atomic mass is 10.2. The van der Waals surface area contributed by atoms with Crippen LogP contribution in [-0.2, 0) is 18.7 Å². The molecule has 0 unspecified atom stereocenters. The fourth-order valence-electron chi connectivity index (χ4n) is 1.41. The largest absolute Gasteiger partial charge is 0.480 e. The first kappa shape index (κ1) is 18.7. The Kier molecular flexibility index (Phi) is 7.34. The van der Waals surface area contributed by atoms with Crippen molar-refractivity contribution in [1.29, 1.82) is 0 Å². The van der Waals surface area contributed by atoms with Crippen molar-refractivity contribution in [3.8, 4) is 0 Å². The van der Waals surface area contributed by atoms with E-state index in [1.165, 1.54) is 7.11 Å². The molecule has 12 heteroatoms. The van der Waals surface area contributed by atoms with E-state index >= 15 is 0 Å². The summed E-state index contributed by atoms with van der Waals surface area (Å²) in [4.78, 5) is 46.9. The van der Waals surface area contributed by atoms with Gasteiger partial charge in [-0.2, -0.15) is 0 Å². The molecular weight excluding hydrogens is 304 g/mol. The molecule has 0 amide bonds. The Morgan fingerprint density at radius 2 is 1.58 bits per heavy atom. The van der Waals surface area contributed by atoms with Gasteiger partial charge in [0.05, 0.1) is 0 Å². The highest BCUT2D eigenvalue weighted by molar-refractivity contribution is 7.52. The highest BCUT2D eigenvalue weighted by Crippen LogP contribution is 2.41. The minimum Gasteiger partial charge on any atom is -0.480 e. The van der Waals surface area contributed by atoms with E-state index in [1.54, 1.807) is 0 Å². The van der Waals surface area contributed by atoms with Gasteiger partial charge >= 0.3 is 21.2 Å². The first-order valence-corrected chi connectivity index (χ1v) is 8.61. The maximum absolute atomic E-state index is 11.0. The molecule has 0 rings (SSSR count). The quantitative estimate of drug-likeness (QED) is 0.334. The molecule has 5 N–H and O–H groups in total. The number of carboxylic acid groups (broad SMARTS) is 1. The summed E-state index contributed by atoms with van der Waals surface area (Å²) in [7, 11) is -8.01. The zero-order valence-corrected chi connectivity index (χ0v) is 11.9. The zero-order valence-electron chi connectivity index (χ0n) is 10.1. The first-order valence-electron chi connectivity index (χ1n) is 5.01. The summed E-state index contributed by atoms with van der Waals surface area (Å²) in [6.45, 7) is -0.0320. The second-order valence-electron chi connectivity index (χ2n) is 3.84. The Labute approximate surface area is 109 Å². The molecule has 0 aliphatic heterocycles. The Morgan fingerprint density at radius 3 is 1.84 bits per heavy atom. The van der Waals surface area contributed by atoms with E-state index in [9.17, 15) is 13.9 Å². The summed E-state index contributed by atoms with van der Waals surface area (Å²) in [5, 5.41) is 8.96. The van der Waals surface area contributed by atoms with Crippen molar-refractivity contribution in [2.45, 2.75) is 12.5 Å². The van der Waals surface area contributed by atoms with Crippen LogP contribution in [-0.4, -0.2) is 67.9 Å². The van der Waals surface area contributed by atoms with E-state index in [-0.39, 0.29) is 13.0 Å². The molecule has 19 heavy (non-hydrogen) atoms. The van der Waals surface area contributed by atoms with Gasteiger partial charge in [-0.1, -0.05) is 0 Å². The van der Waals surface area contributed by atoms with Gasteiger partial charge in [0.15, 0.2) is 0 Å². The van der Waals surface area contributed by atoms with Crippen LogP contribution < -0.4 is 0 Å². The van der Waals surface area contributed by atoms with Crippen molar-refractivity contribution in [3.63, 3.8) is 0 Å². The molecule has 0 radical (unpaired) electrons. The van der Waals surface area contributed by atoms with Crippen molar-refractivity contribution >= 4 is 21.2 Å². The predicted octanol–water partition coefficient (Wildman–Crippen LogP) is -0.952. The van der Waals surface area contributed by atoms with Gasteiger partial charge in [-0.15, -0.1) is 0 Å². The number of carbonyl (C=O) groups is 1. The third kappa shape index (κ3) is 9.26. The van der Waals surface area contributed by atoms with Gasteiger partial charge in [0.1, 0.15) is 18.6 Å². The summed E-state index contributed by atoms with van der Waals surface area (Å²) in [6.07, 6.45) is -2.27. The SMILES string of the molecule is COCC[C@@H](C(=O)O)N(CP(=O)(O)O)CP(=O)(O)O. The van der Waals surface area contributed by atoms with Crippen molar-refractivity contribution in [2.75, 3.05) is 26.3 Å². The Hall–Kier alpha value is -0.310. The lowest BCUT2D eigenvalue weighted by Gasteiger charge is -2.28. The third-order valence-electron chi connectivity index (χ3n) is 2.05. The lowest BCUT2D eigenvalue weighted by Crippen LogP contribution is -2.43. The molecule has 1 atom stereocenters. The number of methoxy groups -OCH3 is 1. The van der Waals surface area contributed by atoms with Crippen LogP contribution in [0.1, 0.15) is 6.42 Å². The molecule has 0 aliphatic carbocycles. The summed E-state index contributed by atoms with van der Waals surface area (Å²) in [6, 6.07) is -1.46. The van der Waals surface area contributed by atoms with Gasteiger partial charge in [-0.3, -0.25) is 18.8 Å². The Morgan fingerprint density at radius 1 is 1.16 bits per heavy atom. The number of hydrogen-bond acceptors (Lipinski definition) is 5. The van der Waals surface area contributed by atoms with Crippen LogP contribution in [0, 0.1) is 0 Å². The maximum Gasteiger partial charge on any atom is 0.339 e. The molecule has 0 aromatic heterocycles. The van der Waals surface area contributed by atoms with E-state index in [2.05, 4.69) is 4.74 Å². The summed E-state index contributed by atoms with van der Waals surface area (Å²) in [5.74, 6) is -1.45. The number of aliphatic carboxylic acids is 1. The third-order valence-corrected chi connectivity index (χ3v) is 3.52. The smallest absolute Gasteiger partial charge is 0.339 e. The highest BCUT2D eigenvalue weighted by atomic mass is 31.2. The molecule has 0 aromatic carbocycles. The minimum absolute atomic E-state index is 0.0320. The molecule has 114 valence electrons. The van der Waals surface area contributed by atoms with Crippen molar-refractivity contribution in [3.05, 3.63) is 0 Å². The molecule has 0 saturated carbocycles. The average Bonchev–Trinajstić information content (AvgIpc) is 2.12. The minimum atomic E-state index is -4.66. The van der Waals surface area contributed by atoms with Crippen molar-refractivity contribution in [1.82, 2.24) is 4.90 Å². The van der Waals surface area contributed by atoms with Crippen LogP contribution in [0.15, 0.2) is 0 Å². The molecule has 0 bridgehead atoms. The molecular formula is C7H17NO9P2. The van der Waals surface area contributed by atoms with Gasteiger partial charge in [-0.25, -0.2) is 0 Å². The number of hydrogen-bond donors (Lipinski definition) is 5. The van der Waals surface area contributed by atoms with E-state index < -0.39 is 39.8 Å².